The topological polar surface area (TPSA) is 86.9 Å². The highest BCUT2D eigenvalue weighted by Gasteiger charge is 2.37. The maximum atomic E-state index is 13.4. The zero-order valence-corrected chi connectivity index (χ0v) is 17.9. The molecule has 3 aromatic rings. The highest BCUT2D eigenvalue weighted by molar-refractivity contribution is 5.94. The number of aromatic nitrogens is 1. The van der Waals surface area contributed by atoms with E-state index in [9.17, 15) is 14.8 Å². The van der Waals surface area contributed by atoms with Crippen LogP contribution in [0.5, 0.6) is 0 Å². The number of likely N-dealkylation sites (tertiary alicyclic amines) is 1. The average Bonchev–Trinajstić information content (AvgIpc) is 3.42. The van der Waals surface area contributed by atoms with Crippen molar-refractivity contribution in [3.8, 4) is 0 Å². The first-order chi connectivity index (χ1) is 15.1. The Morgan fingerprint density at radius 2 is 2.10 bits per heavy atom. The van der Waals surface area contributed by atoms with Crippen LogP contribution in [-0.4, -0.2) is 45.6 Å². The lowest BCUT2D eigenvalue weighted by molar-refractivity contribution is -0.157. The molecule has 2 heterocycles. The summed E-state index contributed by atoms with van der Waals surface area (Å²) >= 11 is 0. The number of oxazole rings is 1. The highest BCUT2D eigenvalue weighted by Crippen LogP contribution is 2.35. The number of hydroxylamine groups is 2. The van der Waals surface area contributed by atoms with Crippen molar-refractivity contribution in [2.75, 3.05) is 13.1 Å². The van der Waals surface area contributed by atoms with Crippen molar-refractivity contribution in [3.05, 3.63) is 42.3 Å². The molecule has 7 heteroatoms. The summed E-state index contributed by atoms with van der Waals surface area (Å²) in [6.45, 7) is 2.74. The number of nitrogens with zero attached hydrogens (tertiary/aromatic N) is 3. The second-order valence-corrected chi connectivity index (χ2v) is 8.33. The number of hydrogen-bond donors (Lipinski definition) is 1. The minimum atomic E-state index is -0.436. The number of hydrogen-bond acceptors (Lipinski definition) is 5. The fourth-order valence-electron chi connectivity index (χ4n) is 4.50. The summed E-state index contributed by atoms with van der Waals surface area (Å²) in [5.74, 6) is 0.0703. The molecule has 1 saturated heterocycles. The maximum absolute atomic E-state index is 13.4. The van der Waals surface area contributed by atoms with Crippen LogP contribution in [0.25, 0.3) is 21.9 Å². The normalized spacial score (nSPS) is 17.4. The third-order valence-electron chi connectivity index (χ3n) is 6.13. The summed E-state index contributed by atoms with van der Waals surface area (Å²) in [6, 6.07) is 11.9. The molecule has 0 unspecified atom stereocenters. The SMILES string of the molecule is CCCCC[C@H](CN(O)C=O)C(=O)N1CCC[C@H]1c1nc2cc3ccccc3cc2o1. The van der Waals surface area contributed by atoms with Crippen molar-refractivity contribution in [2.45, 2.75) is 51.5 Å². The Morgan fingerprint density at radius 3 is 2.84 bits per heavy atom. The summed E-state index contributed by atoms with van der Waals surface area (Å²) in [4.78, 5) is 30.8. The van der Waals surface area contributed by atoms with E-state index in [1.54, 1.807) is 0 Å². The fraction of sp³-hybridized carbons (Fsp3) is 0.458. The molecule has 0 saturated carbocycles. The molecular weight excluding hydrogens is 394 g/mol. The molecule has 0 radical (unpaired) electrons. The lowest BCUT2D eigenvalue weighted by atomic mass is 9.99. The van der Waals surface area contributed by atoms with E-state index < -0.39 is 5.92 Å². The predicted molar refractivity (Wildman–Crippen MR) is 117 cm³/mol. The van der Waals surface area contributed by atoms with Gasteiger partial charge >= 0.3 is 0 Å². The standard InChI is InChI=1S/C24H29N3O4/c1-2-3-4-10-19(15-26(30)16-28)24(29)27-12-7-11-21(27)23-25-20-13-17-8-5-6-9-18(17)14-22(20)31-23/h5-6,8-9,13-14,16,19,21,30H,2-4,7,10-12,15H2,1H3/t19-,21+/m1/s1. The smallest absolute Gasteiger partial charge is 0.233 e. The minimum Gasteiger partial charge on any atom is -0.438 e. The van der Waals surface area contributed by atoms with Crippen LogP contribution in [0.2, 0.25) is 0 Å². The molecule has 164 valence electrons. The summed E-state index contributed by atoms with van der Waals surface area (Å²) in [5, 5.41) is 12.5. The van der Waals surface area contributed by atoms with Gasteiger partial charge in [-0.1, -0.05) is 50.5 Å². The van der Waals surface area contributed by atoms with Gasteiger partial charge in [-0.3, -0.25) is 14.8 Å². The Kier molecular flexibility index (Phi) is 6.51. The molecule has 1 aliphatic heterocycles. The Labute approximate surface area is 181 Å². The Hall–Kier alpha value is -2.93. The van der Waals surface area contributed by atoms with Crippen molar-refractivity contribution in [3.63, 3.8) is 0 Å². The molecule has 1 aromatic heterocycles. The first-order valence-electron chi connectivity index (χ1n) is 11.1. The number of fused-ring (bicyclic) bond motifs is 2. The molecule has 31 heavy (non-hydrogen) atoms. The Morgan fingerprint density at radius 1 is 1.32 bits per heavy atom. The predicted octanol–water partition coefficient (Wildman–Crippen LogP) is 4.69. The van der Waals surface area contributed by atoms with E-state index in [-0.39, 0.29) is 18.5 Å². The van der Waals surface area contributed by atoms with Crippen LogP contribution in [-0.2, 0) is 9.59 Å². The number of carbonyl (C=O) groups is 2. The molecule has 4 rings (SSSR count). The van der Waals surface area contributed by atoms with Gasteiger partial charge in [0.25, 0.3) is 0 Å². The van der Waals surface area contributed by atoms with Crippen molar-refractivity contribution in [2.24, 2.45) is 5.92 Å². The van der Waals surface area contributed by atoms with Gasteiger partial charge in [-0.2, -0.15) is 0 Å². The van der Waals surface area contributed by atoms with Gasteiger partial charge in [-0.25, -0.2) is 10.0 Å². The van der Waals surface area contributed by atoms with Gasteiger partial charge in [-0.15, -0.1) is 0 Å². The van der Waals surface area contributed by atoms with Crippen LogP contribution >= 0.6 is 0 Å². The summed E-state index contributed by atoms with van der Waals surface area (Å²) in [5.41, 5.74) is 1.50. The van der Waals surface area contributed by atoms with Gasteiger partial charge in [0, 0.05) is 6.54 Å². The van der Waals surface area contributed by atoms with Crippen LogP contribution < -0.4 is 0 Å². The number of carbonyl (C=O) groups excluding carboxylic acids is 2. The first kappa shape index (κ1) is 21.3. The van der Waals surface area contributed by atoms with Crippen LogP contribution in [0.1, 0.15) is 57.4 Å². The molecule has 2 amide bonds. The number of benzene rings is 2. The lowest BCUT2D eigenvalue weighted by Gasteiger charge is -2.28. The third-order valence-corrected chi connectivity index (χ3v) is 6.13. The van der Waals surface area contributed by atoms with Crippen LogP contribution in [0.15, 0.2) is 40.8 Å². The number of rotatable bonds is 9. The van der Waals surface area contributed by atoms with Crippen molar-refractivity contribution < 1.29 is 19.2 Å². The molecule has 2 aromatic carbocycles. The quantitative estimate of drug-likeness (QED) is 0.234. The molecule has 0 aliphatic carbocycles. The molecule has 7 nitrogen and oxygen atoms in total. The molecular formula is C24H29N3O4. The van der Waals surface area contributed by atoms with Gasteiger partial charge in [0.1, 0.15) is 11.6 Å². The second kappa shape index (κ2) is 9.47. The zero-order chi connectivity index (χ0) is 21.8. The van der Waals surface area contributed by atoms with Crippen molar-refractivity contribution in [1.82, 2.24) is 14.9 Å². The van der Waals surface area contributed by atoms with E-state index in [4.69, 9.17) is 9.40 Å². The van der Waals surface area contributed by atoms with E-state index in [1.165, 1.54) is 0 Å². The lowest BCUT2D eigenvalue weighted by Crippen LogP contribution is -2.40. The summed E-state index contributed by atoms with van der Waals surface area (Å²) < 4.78 is 6.10. The summed E-state index contributed by atoms with van der Waals surface area (Å²) in [6.07, 6.45) is 5.59. The Bertz CT molecular complexity index is 1010. The maximum Gasteiger partial charge on any atom is 0.233 e. The molecule has 1 fully saturated rings. The second-order valence-electron chi connectivity index (χ2n) is 8.33. The van der Waals surface area contributed by atoms with Crippen LogP contribution in [0, 0.1) is 5.92 Å². The van der Waals surface area contributed by atoms with E-state index >= 15 is 0 Å². The monoisotopic (exact) mass is 423 g/mol. The third kappa shape index (κ3) is 4.56. The van der Waals surface area contributed by atoms with E-state index in [0.717, 1.165) is 54.0 Å². The van der Waals surface area contributed by atoms with Gasteiger partial charge in [0.05, 0.1) is 12.5 Å². The van der Waals surface area contributed by atoms with E-state index in [2.05, 4.69) is 6.92 Å². The average molecular weight is 424 g/mol. The minimum absolute atomic E-state index is 0.00815. The van der Waals surface area contributed by atoms with Crippen LogP contribution in [0.3, 0.4) is 0 Å². The zero-order valence-electron chi connectivity index (χ0n) is 17.9. The first-order valence-corrected chi connectivity index (χ1v) is 11.1. The van der Waals surface area contributed by atoms with Gasteiger partial charge in [0.2, 0.25) is 18.2 Å². The van der Waals surface area contributed by atoms with Gasteiger partial charge in [0.15, 0.2) is 5.58 Å². The van der Waals surface area contributed by atoms with E-state index in [1.807, 2.05) is 41.3 Å². The Balaban J connectivity index is 1.58. The van der Waals surface area contributed by atoms with Crippen molar-refractivity contribution >= 4 is 34.2 Å². The number of unbranched alkanes of at least 4 members (excludes halogenated alkanes) is 2. The fourth-order valence-corrected chi connectivity index (χ4v) is 4.50. The molecule has 0 spiro atoms. The van der Waals surface area contributed by atoms with E-state index in [0.29, 0.717) is 30.3 Å². The van der Waals surface area contributed by atoms with Gasteiger partial charge < -0.3 is 9.32 Å². The van der Waals surface area contributed by atoms with Gasteiger partial charge in [-0.05, 0) is 42.2 Å². The number of amides is 2. The van der Waals surface area contributed by atoms with Crippen LogP contribution in [0.4, 0.5) is 0 Å². The highest BCUT2D eigenvalue weighted by atomic mass is 16.5. The molecule has 1 N–H and O–H groups in total. The largest absolute Gasteiger partial charge is 0.438 e. The molecule has 2 atom stereocenters. The molecule has 0 bridgehead atoms. The van der Waals surface area contributed by atoms with Crippen molar-refractivity contribution in [1.29, 1.82) is 0 Å². The summed E-state index contributed by atoms with van der Waals surface area (Å²) in [7, 11) is 0. The molecule has 1 aliphatic rings.